The highest BCUT2D eigenvalue weighted by molar-refractivity contribution is 5.93. The first-order chi connectivity index (χ1) is 8.41. The molecule has 0 aliphatic rings. The molecule has 0 unspecified atom stereocenters. The highest BCUT2D eigenvalue weighted by atomic mass is 16.4. The van der Waals surface area contributed by atoms with E-state index in [1.807, 2.05) is 13.8 Å². The van der Waals surface area contributed by atoms with Crippen LogP contribution in [0.3, 0.4) is 0 Å². The van der Waals surface area contributed by atoms with Crippen LogP contribution in [0.5, 0.6) is 0 Å². The van der Waals surface area contributed by atoms with Crippen molar-refractivity contribution in [2.75, 3.05) is 6.54 Å². The average molecular weight is 253 g/mol. The van der Waals surface area contributed by atoms with Crippen LogP contribution in [0.4, 0.5) is 0 Å². The fraction of sp³-hybridized carbons (Fsp3) is 0.583. The summed E-state index contributed by atoms with van der Waals surface area (Å²) >= 11 is 0. The maximum atomic E-state index is 12.2. The quantitative estimate of drug-likeness (QED) is 0.824. The molecule has 6 nitrogen and oxygen atoms in total. The number of nitrogens with zero attached hydrogens (tertiary/aromatic N) is 3. The fourth-order valence-corrected chi connectivity index (χ4v) is 1.69. The number of rotatable bonds is 6. The van der Waals surface area contributed by atoms with Crippen LogP contribution < -0.4 is 0 Å². The minimum atomic E-state index is -0.840. The largest absolute Gasteiger partial charge is 0.481 e. The number of aliphatic carboxylic acids is 1. The number of aromatic nitrogens is 2. The van der Waals surface area contributed by atoms with Crippen LogP contribution in [0.25, 0.3) is 0 Å². The summed E-state index contributed by atoms with van der Waals surface area (Å²) in [5.41, 5.74) is 0.529. The van der Waals surface area contributed by atoms with Crippen molar-refractivity contribution in [3.63, 3.8) is 0 Å². The van der Waals surface area contributed by atoms with Crippen LogP contribution in [-0.4, -0.2) is 44.3 Å². The second-order valence-electron chi connectivity index (χ2n) is 4.49. The average Bonchev–Trinajstić information content (AvgIpc) is 2.69. The van der Waals surface area contributed by atoms with Crippen LogP contribution in [0.1, 0.15) is 37.0 Å². The van der Waals surface area contributed by atoms with E-state index in [0.29, 0.717) is 18.5 Å². The van der Waals surface area contributed by atoms with Gasteiger partial charge < -0.3 is 10.0 Å². The van der Waals surface area contributed by atoms with E-state index in [-0.39, 0.29) is 18.4 Å². The van der Waals surface area contributed by atoms with Crippen molar-refractivity contribution in [3.05, 3.63) is 18.0 Å². The Morgan fingerprint density at radius 1 is 1.50 bits per heavy atom. The lowest BCUT2D eigenvalue weighted by Gasteiger charge is -2.26. The SMILES string of the molecule is CC(C)N(CCCC(=O)O)C(=O)c1cnn(C)c1. The maximum absolute atomic E-state index is 12.2. The zero-order valence-corrected chi connectivity index (χ0v) is 11.0. The summed E-state index contributed by atoms with van der Waals surface area (Å²) in [5.74, 6) is -0.948. The molecule has 6 heteroatoms. The minimum Gasteiger partial charge on any atom is -0.481 e. The Labute approximate surface area is 106 Å². The molecule has 0 aromatic carbocycles. The van der Waals surface area contributed by atoms with E-state index < -0.39 is 5.97 Å². The molecule has 0 aliphatic carbocycles. The van der Waals surface area contributed by atoms with Crippen LogP contribution in [0, 0.1) is 0 Å². The predicted molar refractivity (Wildman–Crippen MR) is 66.3 cm³/mol. The number of carboxylic acid groups (broad SMARTS) is 1. The summed E-state index contributed by atoms with van der Waals surface area (Å²) in [7, 11) is 1.75. The number of hydrogen-bond acceptors (Lipinski definition) is 3. The Kier molecular flexibility index (Phi) is 4.88. The van der Waals surface area contributed by atoms with Crippen molar-refractivity contribution >= 4 is 11.9 Å². The molecule has 1 aromatic heterocycles. The second-order valence-corrected chi connectivity index (χ2v) is 4.49. The van der Waals surface area contributed by atoms with Crippen LogP contribution in [-0.2, 0) is 11.8 Å². The van der Waals surface area contributed by atoms with Gasteiger partial charge in [-0.2, -0.15) is 5.10 Å². The maximum Gasteiger partial charge on any atom is 0.303 e. The highest BCUT2D eigenvalue weighted by Crippen LogP contribution is 2.09. The van der Waals surface area contributed by atoms with E-state index in [0.717, 1.165) is 0 Å². The number of carbonyl (C=O) groups is 2. The van der Waals surface area contributed by atoms with Gasteiger partial charge in [0.15, 0.2) is 0 Å². The summed E-state index contributed by atoms with van der Waals surface area (Å²) in [6.45, 7) is 4.27. The predicted octanol–water partition coefficient (Wildman–Crippen LogP) is 1.14. The van der Waals surface area contributed by atoms with E-state index in [9.17, 15) is 9.59 Å². The van der Waals surface area contributed by atoms with Gasteiger partial charge in [0, 0.05) is 32.3 Å². The Balaban J connectivity index is 2.67. The van der Waals surface area contributed by atoms with Gasteiger partial charge in [-0.05, 0) is 20.3 Å². The molecule has 0 bridgehead atoms. The molecule has 1 N–H and O–H groups in total. The van der Waals surface area contributed by atoms with Crippen molar-refractivity contribution in [3.8, 4) is 0 Å². The summed E-state index contributed by atoms with van der Waals surface area (Å²) in [4.78, 5) is 24.3. The lowest BCUT2D eigenvalue weighted by atomic mass is 10.2. The summed E-state index contributed by atoms with van der Waals surface area (Å²) in [6.07, 6.45) is 3.72. The van der Waals surface area contributed by atoms with E-state index in [4.69, 9.17) is 5.11 Å². The molecular formula is C12H19N3O3. The lowest BCUT2D eigenvalue weighted by molar-refractivity contribution is -0.137. The Morgan fingerprint density at radius 2 is 2.17 bits per heavy atom. The standard InChI is InChI=1S/C12H19N3O3/c1-9(2)15(6-4-5-11(16)17)12(18)10-7-13-14(3)8-10/h7-9H,4-6H2,1-3H3,(H,16,17). The first-order valence-electron chi connectivity index (χ1n) is 5.93. The van der Waals surface area contributed by atoms with Gasteiger partial charge in [0.25, 0.3) is 5.91 Å². The van der Waals surface area contributed by atoms with Gasteiger partial charge in [-0.15, -0.1) is 0 Å². The zero-order valence-electron chi connectivity index (χ0n) is 11.0. The van der Waals surface area contributed by atoms with Gasteiger partial charge in [-0.3, -0.25) is 14.3 Å². The van der Waals surface area contributed by atoms with Crippen LogP contribution in [0.15, 0.2) is 12.4 Å². The van der Waals surface area contributed by atoms with E-state index >= 15 is 0 Å². The van der Waals surface area contributed by atoms with Crippen molar-refractivity contribution in [1.29, 1.82) is 0 Å². The molecule has 1 aromatic rings. The highest BCUT2D eigenvalue weighted by Gasteiger charge is 2.19. The third-order valence-electron chi connectivity index (χ3n) is 2.63. The third-order valence-corrected chi connectivity index (χ3v) is 2.63. The van der Waals surface area contributed by atoms with Crippen molar-refractivity contribution < 1.29 is 14.7 Å². The van der Waals surface area contributed by atoms with Gasteiger partial charge in [0.1, 0.15) is 0 Å². The molecule has 1 heterocycles. The molecular weight excluding hydrogens is 234 g/mol. The molecule has 0 spiro atoms. The van der Waals surface area contributed by atoms with E-state index in [1.54, 1.807) is 22.8 Å². The Bertz CT molecular complexity index is 426. The smallest absolute Gasteiger partial charge is 0.303 e. The van der Waals surface area contributed by atoms with E-state index in [2.05, 4.69) is 5.10 Å². The minimum absolute atomic E-state index is 0.0338. The van der Waals surface area contributed by atoms with Crippen molar-refractivity contribution in [1.82, 2.24) is 14.7 Å². The monoisotopic (exact) mass is 253 g/mol. The van der Waals surface area contributed by atoms with Crippen molar-refractivity contribution in [2.24, 2.45) is 7.05 Å². The number of carbonyl (C=O) groups excluding carboxylic acids is 1. The lowest BCUT2D eigenvalue weighted by Crippen LogP contribution is -2.37. The summed E-state index contributed by atoms with van der Waals surface area (Å²) < 4.78 is 1.57. The molecule has 0 saturated heterocycles. The normalized spacial score (nSPS) is 10.7. The summed E-state index contributed by atoms with van der Waals surface area (Å²) in [6, 6.07) is 0.0338. The molecule has 0 saturated carbocycles. The van der Waals surface area contributed by atoms with Gasteiger partial charge >= 0.3 is 5.97 Å². The molecule has 0 aliphatic heterocycles. The van der Waals surface area contributed by atoms with Crippen molar-refractivity contribution in [2.45, 2.75) is 32.7 Å². The molecule has 0 atom stereocenters. The molecule has 1 amide bonds. The molecule has 0 fully saturated rings. The second kappa shape index (κ2) is 6.18. The van der Waals surface area contributed by atoms with Crippen LogP contribution >= 0.6 is 0 Å². The molecule has 0 radical (unpaired) electrons. The van der Waals surface area contributed by atoms with Gasteiger partial charge in [0.05, 0.1) is 11.8 Å². The first-order valence-corrected chi connectivity index (χ1v) is 5.93. The Morgan fingerprint density at radius 3 is 2.61 bits per heavy atom. The number of carboxylic acids is 1. The zero-order chi connectivity index (χ0) is 13.7. The first kappa shape index (κ1) is 14.2. The van der Waals surface area contributed by atoms with Gasteiger partial charge in [0.2, 0.25) is 0 Å². The molecule has 18 heavy (non-hydrogen) atoms. The Hall–Kier alpha value is -1.85. The molecule has 1 rings (SSSR count). The number of hydrogen-bond donors (Lipinski definition) is 1. The van der Waals surface area contributed by atoms with E-state index in [1.165, 1.54) is 6.20 Å². The van der Waals surface area contributed by atoms with Gasteiger partial charge in [-0.1, -0.05) is 0 Å². The topological polar surface area (TPSA) is 75.4 Å². The number of aryl methyl sites for hydroxylation is 1. The summed E-state index contributed by atoms with van der Waals surface area (Å²) in [5, 5.41) is 12.6. The van der Waals surface area contributed by atoms with Gasteiger partial charge in [-0.25, -0.2) is 0 Å². The third kappa shape index (κ3) is 3.87. The number of amides is 1. The fourth-order valence-electron chi connectivity index (χ4n) is 1.69. The molecule has 100 valence electrons. The van der Waals surface area contributed by atoms with Crippen LogP contribution in [0.2, 0.25) is 0 Å².